The van der Waals surface area contributed by atoms with Crippen molar-refractivity contribution in [1.82, 2.24) is 0 Å². The molecule has 1 amide bonds. The molecule has 126 valence electrons. The number of aryl methyl sites for hydroxylation is 1. The van der Waals surface area contributed by atoms with Crippen molar-refractivity contribution in [3.8, 4) is 0 Å². The van der Waals surface area contributed by atoms with Gasteiger partial charge in [0.25, 0.3) is 11.6 Å². The fourth-order valence-electron chi connectivity index (χ4n) is 2.55. The molecule has 0 saturated carbocycles. The number of rotatable bonds is 4. The van der Waals surface area contributed by atoms with Gasteiger partial charge in [0.15, 0.2) is 0 Å². The summed E-state index contributed by atoms with van der Waals surface area (Å²) in [5.41, 5.74) is 1.54. The van der Waals surface area contributed by atoms with Gasteiger partial charge >= 0.3 is 0 Å². The van der Waals surface area contributed by atoms with Crippen molar-refractivity contribution in [3.05, 3.63) is 75.3 Å². The molecule has 1 heterocycles. The Kier molecular flexibility index (Phi) is 4.30. The number of benzene rings is 2. The summed E-state index contributed by atoms with van der Waals surface area (Å²) in [5.74, 6) is -0.497. The minimum absolute atomic E-state index is 0.0129. The molecule has 2 aromatic carbocycles. The van der Waals surface area contributed by atoms with Gasteiger partial charge in [-0.15, -0.1) is 0 Å². The summed E-state index contributed by atoms with van der Waals surface area (Å²) in [5, 5.41) is 22.0. The summed E-state index contributed by atoms with van der Waals surface area (Å²) < 4.78 is 5.33. The van der Waals surface area contributed by atoms with Crippen LogP contribution in [0.5, 0.6) is 0 Å². The Morgan fingerprint density at radius 2 is 2.00 bits per heavy atom. The minimum Gasteiger partial charge on any atom is -0.438 e. The molecule has 0 saturated heterocycles. The van der Waals surface area contributed by atoms with Crippen molar-refractivity contribution in [1.29, 1.82) is 5.41 Å². The van der Waals surface area contributed by atoms with Crippen molar-refractivity contribution in [2.45, 2.75) is 13.3 Å². The summed E-state index contributed by atoms with van der Waals surface area (Å²) in [6.45, 7) is 1.98. The minimum atomic E-state index is -0.523. The highest BCUT2D eigenvalue weighted by Gasteiger charge is 2.15. The van der Waals surface area contributed by atoms with Crippen LogP contribution < -0.4 is 10.9 Å². The van der Waals surface area contributed by atoms with E-state index in [0.29, 0.717) is 16.7 Å². The third kappa shape index (κ3) is 3.25. The van der Waals surface area contributed by atoms with E-state index in [0.717, 1.165) is 12.0 Å². The average Bonchev–Trinajstić information content (AvgIpc) is 2.61. The number of para-hydroxylation sites is 1. The Bertz CT molecular complexity index is 1040. The highest BCUT2D eigenvalue weighted by molar-refractivity contribution is 6.05. The van der Waals surface area contributed by atoms with Gasteiger partial charge in [-0.3, -0.25) is 20.3 Å². The van der Waals surface area contributed by atoms with Crippen molar-refractivity contribution in [2.75, 3.05) is 5.32 Å². The number of nitro benzene ring substituents is 1. The van der Waals surface area contributed by atoms with Gasteiger partial charge in [0.05, 0.1) is 4.92 Å². The zero-order chi connectivity index (χ0) is 18.0. The lowest BCUT2D eigenvalue weighted by Gasteiger charge is -2.10. The molecule has 0 radical (unpaired) electrons. The number of nitro groups is 1. The molecular weight excluding hydrogens is 322 g/mol. The van der Waals surface area contributed by atoms with E-state index in [9.17, 15) is 14.9 Å². The Morgan fingerprint density at radius 3 is 2.72 bits per heavy atom. The summed E-state index contributed by atoms with van der Waals surface area (Å²) in [7, 11) is 0. The van der Waals surface area contributed by atoms with Gasteiger partial charge in [-0.2, -0.15) is 0 Å². The second-order valence-electron chi connectivity index (χ2n) is 5.43. The van der Waals surface area contributed by atoms with E-state index in [4.69, 9.17) is 9.83 Å². The van der Waals surface area contributed by atoms with Gasteiger partial charge in [-0.05, 0) is 30.2 Å². The first-order valence-electron chi connectivity index (χ1n) is 7.65. The molecule has 1 aromatic heterocycles. The monoisotopic (exact) mass is 337 g/mol. The number of nitrogens with zero attached hydrogens (tertiary/aromatic N) is 1. The van der Waals surface area contributed by atoms with Gasteiger partial charge in [-0.25, -0.2) is 0 Å². The first-order chi connectivity index (χ1) is 12.0. The van der Waals surface area contributed by atoms with Crippen LogP contribution in [0.15, 0.2) is 52.9 Å². The van der Waals surface area contributed by atoms with Gasteiger partial charge in [0.1, 0.15) is 11.1 Å². The molecule has 0 spiro atoms. The largest absolute Gasteiger partial charge is 0.438 e. The standard InChI is InChI=1S/C18H15N3O4/c1-2-11-5-3-4-6-15(11)20-18(22)14-10-12-9-13(21(23)24)7-8-16(12)25-17(14)19/h3-10,19H,2H2,1H3,(H,20,22). The number of carbonyl (C=O) groups is 1. The van der Waals surface area contributed by atoms with Crippen LogP contribution in [0.2, 0.25) is 0 Å². The van der Waals surface area contributed by atoms with E-state index in [1.807, 2.05) is 25.1 Å². The highest BCUT2D eigenvalue weighted by Crippen LogP contribution is 2.21. The van der Waals surface area contributed by atoms with Gasteiger partial charge in [-0.1, -0.05) is 25.1 Å². The van der Waals surface area contributed by atoms with E-state index < -0.39 is 10.8 Å². The van der Waals surface area contributed by atoms with Crippen LogP contribution in [0, 0.1) is 15.5 Å². The van der Waals surface area contributed by atoms with E-state index in [-0.39, 0.29) is 16.8 Å². The average molecular weight is 337 g/mol. The van der Waals surface area contributed by atoms with E-state index in [1.54, 1.807) is 6.07 Å². The van der Waals surface area contributed by atoms with E-state index in [2.05, 4.69) is 5.32 Å². The number of hydrogen-bond acceptors (Lipinski definition) is 5. The quantitative estimate of drug-likeness (QED) is 0.559. The maximum Gasteiger partial charge on any atom is 0.270 e. The van der Waals surface area contributed by atoms with Crippen molar-refractivity contribution >= 4 is 28.3 Å². The molecule has 0 aliphatic rings. The molecular formula is C18H15N3O4. The predicted molar refractivity (Wildman–Crippen MR) is 92.5 cm³/mol. The van der Waals surface area contributed by atoms with Crippen LogP contribution in [0.4, 0.5) is 11.4 Å². The summed E-state index contributed by atoms with van der Waals surface area (Å²) in [4.78, 5) is 22.9. The number of fused-ring (bicyclic) bond motifs is 1. The molecule has 25 heavy (non-hydrogen) atoms. The topological polar surface area (TPSA) is 109 Å². The highest BCUT2D eigenvalue weighted by atomic mass is 16.6. The fraction of sp³-hybridized carbons (Fsp3) is 0.111. The normalized spacial score (nSPS) is 10.6. The third-order valence-electron chi connectivity index (χ3n) is 3.85. The smallest absolute Gasteiger partial charge is 0.270 e. The Labute approximate surface area is 142 Å². The molecule has 0 fully saturated rings. The number of carbonyl (C=O) groups excluding carboxylic acids is 1. The lowest BCUT2D eigenvalue weighted by molar-refractivity contribution is -0.384. The molecule has 3 aromatic rings. The fourth-order valence-corrected chi connectivity index (χ4v) is 2.55. The molecule has 7 heteroatoms. The lowest BCUT2D eigenvalue weighted by Crippen LogP contribution is -2.21. The van der Waals surface area contributed by atoms with Crippen LogP contribution in [0.3, 0.4) is 0 Å². The van der Waals surface area contributed by atoms with E-state index >= 15 is 0 Å². The van der Waals surface area contributed by atoms with Crippen molar-refractivity contribution < 1.29 is 14.1 Å². The van der Waals surface area contributed by atoms with Crippen LogP contribution in [0.1, 0.15) is 22.8 Å². The molecule has 0 unspecified atom stereocenters. The molecule has 0 aliphatic carbocycles. The predicted octanol–water partition coefficient (Wildman–Crippen LogP) is 3.64. The van der Waals surface area contributed by atoms with Gasteiger partial charge in [0, 0.05) is 23.2 Å². The van der Waals surface area contributed by atoms with Gasteiger partial charge in [0.2, 0.25) is 5.55 Å². The number of amides is 1. The summed E-state index contributed by atoms with van der Waals surface area (Å²) >= 11 is 0. The number of non-ortho nitro benzene ring substituents is 1. The van der Waals surface area contributed by atoms with Crippen molar-refractivity contribution in [3.63, 3.8) is 0 Å². The molecule has 2 N–H and O–H groups in total. The first kappa shape index (κ1) is 16.4. The molecule has 7 nitrogen and oxygen atoms in total. The lowest BCUT2D eigenvalue weighted by atomic mass is 10.1. The Balaban J connectivity index is 2.02. The molecule has 0 atom stereocenters. The number of hydrogen-bond donors (Lipinski definition) is 2. The SMILES string of the molecule is CCc1ccccc1NC(=O)c1cc2cc([N+](=O)[O-])ccc2oc1=N. The Morgan fingerprint density at radius 1 is 1.24 bits per heavy atom. The maximum atomic E-state index is 12.5. The zero-order valence-corrected chi connectivity index (χ0v) is 13.4. The maximum absolute atomic E-state index is 12.5. The molecule has 0 bridgehead atoms. The zero-order valence-electron chi connectivity index (χ0n) is 13.4. The summed E-state index contributed by atoms with van der Waals surface area (Å²) in [6, 6.07) is 12.8. The van der Waals surface area contributed by atoms with Crippen LogP contribution in [0.25, 0.3) is 11.0 Å². The summed E-state index contributed by atoms with van der Waals surface area (Å²) in [6.07, 6.45) is 0.748. The van der Waals surface area contributed by atoms with Crippen LogP contribution >= 0.6 is 0 Å². The van der Waals surface area contributed by atoms with Crippen LogP contribution in [-0.2, 0) is 6.42 Å². The van der Waals surface area contributed by atoms with Crippen LogP contribution in [-0.4, -0.2) is 10.8 Å². The molecule has 3 rings (SSSR count). The second-order valence-corrected chi connectivity index (χ2v) is 5.43. The third-order valence-corrected chi connectivity index (χ3v) is 3.85. The number of nitrogens with one attached hydrogen (secondary N) is 2. The van der Waals surface area contributed by atoms with Crippen molar-refractivity contribution in [2.24, 2.45) is 0 Å². The Hall–Kier alpha value is -3.48. The number of anilines is 1. The first-order valence-corrected chi connectivity index (χ1v) is 7.65. The second kappa shape index (κ2) is 6.56. The van der Waals surface area contributed by atoms with Gasteiger partial charge < -0.3 is 9.73 Å². The van der Waals surface area contributed by atoms with E-state index in [1.165, 1.54) is 24.3 Å². The molecule has 0 aliphatic heterocycles.